The molecule has 0 aliphatic heterocycles. The van der Waals surface area contributed by atoms with Crippen LogP contribution in [-0.4, -0.2) is 0 Å². The summed E-state index contributed by atoms with van der Waals surface area (Å²) in [6.45, 7) is 0.106. The molecular formula is C13H9F2O. The number of halogens is 2. The first kappa shape index (κ1) is 10.6. The van der Waals surface area contributed by atoms with Gasteiger partial charge < -0.3 is 4.74 Å². The molecule has 0 saturated carbocycles. The SMILES string of the molecule is Fc1c[c]c(OCc2ccccc2F)cc1. The highest BCUT2D eigenvalue weighted by molar-refractivity contribution is 5.22. The van der Waals surface area contributed by atoms with Crippen LogP contribution in [0.3, 0.4) is 0 Å². The van der Waals surface area contributed by atoms with E-state index < -0.39 is 0 Å². The molecule has 0 spiro atoms. The number of benzene rings is 2. The Morgan fingerprint density at radius 1 is 1.06 bits per heavy atom. The second-order valence-corrected chi connectivity index (χ2v) is 3.25. The molecule has 0 fully saturated rings. The van der Waals surface area contributed by atoms with Gasteiger partial charge >= 0.3 is 0 Å². The van der Waals surface area contributed by atoms with Crippen LogP contribution in [0.5, 0.6) is 5.75 Å². The fourth-order valence-electron chi connectivity index (χ4n) is 1.25. The van der Waals surface area contributed by atoms with Crippen molar-refractivity contribution >= 4 is 0 Å². The van der Waals surface area contributed by atoms with Crippen molar-refractivity contribution in [3.63, 3.8) is 0 Å². The molecule has 81 valence electrons. The van der Waals surface area contributed by atoms with Gasteiger partial charge in [-0.2, -0.15) is 0 Å². The lowest BCUT2D eigenvalue weighted by Gasteiger charge is -2.06. The fraction of sp³-hybridized carbons (Fsp3) is 0.0769. The van der Waals surface area contributed by atoms with Crippen LogP contribution in [0.15, 0.2) is 42.5 Å². The molecule has 0 atom stereocenters. The summed E-state index contributed by atoms with van der Waals surface area (Å²) in [6, 6.07) is 12.9. The van der Waals surface area contributed by atoms with Crippen molar-refractivity contribution < 1.29 is 13.5 Å². The molecule has 2 aromatic rings. The average Bonchev–Trinajstić information content (AvgIpc) is 2.30. The summed E-state index contributed by atoms with van der Waals surface area (Å²) in [7, 11) is 0. The van der Waals surface area contributed by atoms with Crippen molar-refractivity contribution in [2.75, 3.05) is 0 Å². The largest absolute Gasteiger partial charge is 0.488 e. The Morgan fingerprint density at radius 2 is 1.88 bits per heavy atom. The molecule has 1 nitrogen and oxygen atoms in total. The van der Waals surface area contributed by atoms with Gasteiger partial charge in [0.1, 0.15) is 24.0 Å². The van der Waals surface area contributed by atoms with Gasteiger partial charge in [0, 0.05) is 11.6 Å². The van der Waals surface area contributed by atoms with Crippen LogP contribution in [0, 0.1) is 17.7 Å². The van der Waals surface area contributed by atoms with Crippen molar-refractivity contribution in [1.82, 2.24) is 0 Å². The summed E-state index contributed by atoms with van der Waals surface area (Å²) in [5.41, 5.74) is 0.459. The fourth-order valence-corrected chi connectivity index (χ4v) is 1.25. The number of rotatable bonds is 3. The average molecular weight is 219 g/mol. The smallest absolute Gasteiger partial charge is 0.129 e. The van der Waals surface area contributed by atoms with Crippen LogP contribution in [-0.2, 0) is 6.61 Å². The molecule has 0 aliphatic carbocycles. The maximum absolute atomic E-state index is 13.2. The van der Waals surface area contributed by atoms with Gasteiger partial charge in [-0.05, 0) is 24.3 Å². The predicted molar refractivity (Wildman–Crippen MR) is 56.0 cm³/mol. The molecule has 0 unspecified atom stereocenters. The van der Waals surface area contributed by atoms with Gasteiger partial charge in [0.05, 0.1) is 0 Å². The Balaban J connectivity index is 2.02. The van der Waals surface area contributed by atoms with Crippen molar-refractivity contribution in [3.8, 4) is 5.75 Å². The maximum Gasteiger partial charge on any atom is 0.129 e. The van der Waals surface area contributed by atoms with Crippen molar-refractivity contribution in [1.29, 1.82) is 0 Å². The first-order valence-corrected chi connectivity index (χ1v) is 4.79. The lowest BCUT2D eigenvalue weighted by Crippen LogP contribution is -1.98. The molecule has 3 heteroatoms. The van der Waals surface area contributed by atoms with Gasteiger partial charge in [-0.1, -0.05) is 18.2 Å². The number of ether oxygens (including phenoxy) is 1. The van der Waals surface area contributed by atoms with E-state index in [1.54, 1.807) is 18.2 Å². The first-order valence-electron chi connectivity index (χ1n) is 4.79. The number of hydrogen-bond donors (Lipinski definition) is 0. The molecule has 16 heavy (non-hydrogen) atoms. The normalized spacial score (nSPS) is 10.1. The predicted octanol–water partition coefficient (Wildman–Crippen LogP) is 3.34. The minimum Gasteiger partial charge on any atom is -0.488 e. The van der Waals surface area contributed by atoms with E-state index in [0.717, 1.165) is 0 Å². The van der Waals surface area contributed by atoms with E-state index in [1.165, 1.54) is 24.3 Å². The van der Waals surface area contributed by atoms with E-state index in [1.807, 2.05) is 0 Å². The van der Waals surface area contributed by atoms with E-state index >= 15 is 0 Å². The number of hydrogen-bond acceptors (Lipinski definition) is 1. The lowest BCUT2D eigenvalue weighted by molar-refractivity contribution is 0.298. The standard InChI is InChI=1S/C13H9F2O/c14-11-5-7-12(8-6-11)16-9-10-3-1-2-4-13(10)15/h1-7H,9H2. The van der Waals surface area contributed by atoms with Gasteiger partial charge in [-0.3, -0.25) is 0 Å². The van der Waals surface area contributed by atoms with Gasteiger partial charge in [-0.25, -0.2) is 8.78 Å². The van der Waals surface area contributed by atoms with Gasteiger partial charge in [0.15, 0.2) is 0 Å². The van der Waals surface area contributed by atoms with Gasteiger partial charge in [0.2, 0.25) is 0 Å². The summed E-state index contributed by atoms with van der Waals surface area (Å²) in [5, 5.41) is 0. The Labute approximate surface area is 92.3 Å². The quantitative estimate of drug-likeness (QED) is 0.769. The Morgan fingerprint density at radius 3 is 2.56 bits per heavy atom. The second kappa shape index (κ2) is 4.75. The first-order chi connectivity index (χ1) is 7.75. The molecular weight excluding hydrogens is 210 g/mol. The highest BCUT2D eigenvalue weighted by atomic mass is 19.1. The Kier molecular flexibility index (Phi) is 3.15. The molecule has 0 aromatic heterocycles. The summed E-state index contributed by atoms with van der Waals surface area (Å²) >= 11 is 0. The zero-order valence-corrected chi connectivity index (χ0v) is 8.41. The third kappa shape index (κ3) is 2.57. The molecule has 0 bridgehead atoms. The third-order valence-corrected chi connectivity index (χ3v) is 2.09. The summed E-state index contributed by atoms with van der Waals surface area (Å²) < 4.78 is 31.0. The minimum atomic E-state index is -0.377. The second-order valence-electron chi connectivity index (χ2n) is 3.25. The van der Waals surface area contributed by atoms with E-state index in [4.69, 9.17) is 4.74 Å². The van der Waals surface area contributed by atoms with Crippen LogP contribution >= 0.6 is 0 Å². The van der Waals surface area contributed by atoms with Crippen molar-refractivity contribution in [2.45, 2.75) is 6.61 Å². The van der Waals surface area contributed by atoms with Gasteiger partial charge in [0.25, 0.3) is 0 Å². The monoisotopic (exact) mass is 219 g/mol. The zero-order chi connectivity index (χ0) is 11.4. The topological polar surface area (TPSA) is 9.23 Å². The van der Waals surface area contributed by atoms with E-state index in [-0.39, 0.29) is 18.2 Å². The minimum absolute atomic E-state index is 0.106. The van der Waals surface area contributed by atoms with Crippen molar-refractivity contribution in [2.24, 2.45) is 0 Å². The van der Waals surface area contributed by atoms with Crippen LogP contribution in [0.2, 0.25) is 0 Å². The molecule has 2 aromatic carbocycles. The van der Waals surface area contributed by atoms with Crippen LogP contribution in [0.25, 0.3) is 0 Å². The highest BCUT2D eigenvalue weighted by Crippen LogP contribution is 2.14. The van der Waals surface area contributed by atoms with Crippen molar-refractivity contribution in [3.05, 3.63) is 65.7 Å². The summed E-state index contributed by atoms with van der Waals surface area (Å²) in [6.07, 6.45) is 0. The van der Waals surface area contributed by atoms with E-state index in [9.17, 15) is 8.78 Å². The molecule has 0 heterocycles. The molecule has 0 aliphatic rings. The van der Waals surface area contributed by atoms with E-state index in [0.29, 0.717) is 11.3 Å². The molecule has 0 saturated heterocycles. The van der Waals surface area contributed by atoms with E-state index in [2.05, 4.69) is 6.07 Å². The highest BCUT2D eigenvalue weighted by Gasteiger charge is 2.01. The Bertz CT molecular complexity index is 466. The Hall–Kier alpha value is -1.90. The molecule has 2 rings (SSSR count). The zero-order valence-electron chi connectivity index (χ0n) is 8.41. The van der Waals surface area contributed by atoms with Crippen LogP contribution in [0.1, 0.15) is 5.56 Å². The lowest BCUT2D eigenvalue weighted by atomic mass is 10.2. The van der Waals surface area contributed by atoms with Crippen LogP contribution < -0.4 is 4.74 Å². The summed E-state index contributed by atoms with van der Waals surface area (Å²) in [4.78, 5) is 0. The molecule has 1 radical (unpaired) electrons. The molecule has 0 amide bonds. The third-order valence-electron chi connectivity index (χ3n) is 2.09. The molecule has 0 N–H and O–H groups in total. The maximum atomic E-state index is 13.2. The van der Waals surface area contributed by atoms with Crippen LogP contribution in [0.4, 0.5) is 8.78 Å². The van der Waals surface area contributed by atoms with Gasteiger partial charge in [-0.15, -0.1) is 0 Å². The summed E-state index contributed by atoms with van der Waals surface area (Å²) in [5.74, 6) is -0.299.